The van der Waals surface area contributed by atoms with E-state index in [9.17, 15) is 9.59 Å². The van der Waals surface area contributed by atoms with Crippen molar-refractivity contribution in [3.63, 3.8) is 0 Å². The highest BCUT2D eigenvalue weighted by atomic mass is 16.4. The molecule has 0 aromatic rings. The average Bonchev–Trinajstić information content (AvgIpc) is 2.73. The van der Waals surface area contributed by atoms with Crippen LogP contribution in [0.25, 0.3) is 0 Å². The van der Waals surface area contributed by atoms with Gasteiger partial charge in [-0.15, -0.1) is 0 Å². The van der Waals surface area contributed by atoms with E-state index in [0.717, 1.165) is 32.6 Å². The van der Waals surface area contributed by atoms with Crippen LogP contribution in [0.5, 0.6) is 0 Å². The van der Waals surface area contributed by atoms with Crippen LogP contribution in [0.1, 0.15) is 40.5 Å². The van der Waals surface area contributed by atoms with Gasteiger partial charge in [0.25, 0.3) is 0 Å². The number of nitrogens with zero attached hydrogens (tertiary/aromatic N) is 2. The Morgan fingerprint density at radius 3 is 2.24 bits per heavy atom. The molecule has 1 atom stereocenters. The number of hydrogen-bond acceptors (Lipinski definition) is 3. The molecule has 1 rings (SSSR count). The number of rotatable bonds is 8. The monoisotopic (exact) mass is 298 g/mol. The maximum atomic E-state index is 12.5. The maximum absolute atomic E-state index is 12.5. The summed E-state index contributed by atoms with van der Waals surface area (Å²) >= 11 is 0. The van der Waals surface area contributed by atoms with E-state index >= 15 is 0 Å². The van der Waals surface area contributed by atoms with Crippen LogP contribution in [0.2, 0.25) is 0 Å². The quantitative estimate of drug-likeness (QED) is 0.744. The normalized spacial score (nSPS) is 19.4. The Kier molecular flexibility index (Phi) is 7.15. The first-order valence-corrected chi connectivity index (χ1v) is 7.99. The maximum Gasteiger partial charge on any atom is 0.303 e. The van der Waals surface area contributed by atoms with Gasteiger partial charge < -0.3 is 10.0 Å². The zero-order chi connectivity index (χ0) is 16.0. The first-order chi connectivity index (χ1) is 9.77. The highest BCUT2D eigenvalue weighted by molar-refractivity contribution is 5.78. The van der Waals surface area contributed by atoms with Gasteiger partial charge in [0.1, 0.15) is 0 Å². The van der Waals surface area contributed by atoms with E-state index in [-0.39, 0.29) is 18.2 Å². The fourth-order valence-corrected chi connectivity index (χ4v) is 2.92. The van der Waals surface area contributed by atoms with Gasteiger partial charge in [-0.25, -0.2) is 0 Å². The second kappa shape index (κ2) is 8.37. The number of carboxylic acids is 1. The van der Waals surface area contributed by atoms with Crippen molar-refractivity contribution in [3.05, 3.63) is 0 Å². The highest BCUT2D eigenvalue weighted by Crippen LogP contribution is 2.19. The number of carbonyl (C=O) groups excluding carboxylic acids is 1. The lowest BCUT2D eigenvalue weighted by atomic mass is 10.1. The summed E-state index contributed by atoms with van der Waals surface area (Å²) in [4.78, 5) is 27.3. The van der Waals surface area contributed by atoms with Crippen LogP contribution in [-0.4, -0.2) is 59.5 Å². The SMILES string of the molecule is CC(C)CN(CC(C)C)C(=O)CN1CCC(CC(=O)O)C1. The van der Waals surface area contributed by atoms with Crippen molar-refractivity contribution in [2.45, 2.75) is 40.5 Å². The molecule has 1 heterocycles. The summed E-state index contributed by atoms with van der Waals surface area (Å²) in [6.45, 7) is 12.1. The molecule has 1 fully saturated rings. The topological polar surface area (TPSA) is 60.9 Å². The Morgan fingerprint density at radius 2 is 1.76 bits per heavy atom. The second-order valence-corrected chi connectivity index (χ2v) is 7.07. The number of likely N-dealkylation sites (tertiary alicyclic amines) is 1. The van der Waals surface area contributed by atoms with E-state index in [4.69, 9.17) is 5.11 Å². The molecule has 0 bridgehead atoms. The molecule has 0 spiro atoms. The minimum Gasteiger partial charge on any atom is -0.481 e. The Hall–Kier alpha value is -1.10. The molecule has 1 saturated heterocycles. The van der Waals surface area contributed by atoms with Gasteiger partial charge in [-0.3, -0.25) is 14.5 Å². The molecule has 0 aliphatic carbocycles. The Balaban J connectivity index is 2.47. The van der Waals surface area contributed by atoms with Crippen LogP contribution < -0.4 is 0 Å². The van der Waals surface area contributed by atoms with Gasteiger partial charge in [0.2, 0.25) is 5.91 Å². The van der Waals surface area contributed by atoms with E-state index in [0.29, 0.717) is 18.4 Å². The number of carbonyl (C=O) groups is 2. The molecule has 0 aromatic carbocycles. The van der Waals surface area contributed by atoms with Crippen molar-refractivity contribution in [2.24, 2.45) is 17.8 Å². The molecule has 122 valence electrons. The van der Waals surface area contributed by atoms with Crippen molar-refractivity contribution in [1.29, 1.82) is 0 Å². The molecule has 1 aliphatic heterocycles. The lowest BCUT2D eigenvalue weighted by Gasteiger charge is -2.28. The molecule has 1 unspecified atom stereocenters. The van der Waals surface area contributed by atoms with Crippen molar-refractivity contribution >= 4 is 11.9 Å². The second-order valence-electron chi connectivity index (χ2n) is 7.07. The molecular weight excluding hydrogens is 268 g/mol. The first-order valence-electron chi connectivity index (χ1n) is 7.99. The van der Waals surface area contributed by atoms with Crippen molar-refractivity contribution in [1.82, 2.24) is 9.80 Å². The lowest BCUT2D eigenvalue weighted by Crippen LogP contribution is -2.43. The minimum atomic E-state index is -0.741. The van der Waals surface area contributed by atoms with E-state index in [1.807, 2.05) is 4.90 Å². The zero-order valence-electron chi connectivity index (χ0n) is 13.8. The van der Waals surface area contributed by atoms with E-state index < -0.39 is 5.97 Å². The molecule has 1 amide bonds. The van der Waals surface area contributed by atoms with Crippen LogP contribution in [0.4, 0.5) is 0 Å². The van der Waals surface area contributed by atoms with E-state index in [1.54, 1.807) is 0 Å². The van der Waals surface area contributed by atoms with Gasteiger partial charge in [-0.1, -0.05) is 27.7 Å². The Bertz CT molecular complexity index is 345. The van der Waals surface area contributed by atoms with Crippen LogP contribution in [0.3, 0.4) is 0 Å². The molecule has 21 heavy (non-hydrogen) atoms. The molecule has 5 heteroatoms. The number of carboxylic acid groups (broad SMARTS) is 1. The van der Waals surface area contributed by atoms with Gasteiger partial charge in [0, 0.05) is 26.1 Å². The van der Waals surface area contributed by atoms with Crippen molar-refractivity contribution < 1.29 is 14.7 Å². The lowest BCUT2D eigenvalue weighted by molar-refractivity contribution is -0.138. The standard InChI is InChI=1S/C16H30N2O3/c1-12(2)8-18(9-13(3)4)15(19)11-17-6-5-14(10-17)7-16(20)21/h12-14H,5-11H2,1-4H3,(H,20,21). The Labute approximate surface area is 128 Å². The fourth-order valence-electron chi connectivity index (χ4n) is 2.92. The number of aliphatic carboxylic acids is 1. The van der Waals surface area contributed by atoms with E-state index in [2.05, 4.69) is 32.6 Å². The molecule has 5 nitrogen and oxygen atoms in total. The number of amides is 1. The van der Waals surface area contributed by atoms with Gasteiger partial charge in [-0.2, -0.15) is 0 Å². The summed E-state index contributed by atoms with van der Waals surface area (Å²) < 4.78 is 0. The summed E-state index contributed by atoms with van der Waals surface area (Å²) in [5, 5.41) is 8.83. The summed E-state index contributed by atoms with van der Waals surface area (Å²) in [6.07, 6.45) is 1.10. The van der Waals surface area contributed by atoms with Gasteiger partial charge in [0.15, 0.2) is 0 Å². The van der Waals surface area contributed by atoms with Crippen LogP contribution in [-0.2, 0) is 9.59 Å². The summed E-state index contributed by atoms with van der Waals surface area (Å²) in [5.74, 6) is 0.554. The third kappa shape index (κ3) is 6.93. The molecule has 1 N–H and O–H groups in total. The summed E-state index contributed by atoms with van der Waals surface area (Å²) in [6, 6.07) is 0. The number of hydrogen-bond donors (Lipinski definition) is 1. The van der Waals surface area contributed by atoms with Gasteiger partial charge in [-0.05, 0) is 30.7 Å². The first kappa shape index (κ1) is 18.0. The smallest absolute Gasteiger partial charge is 0.303 e. The van der Waals surface area contributed by atoms with Gasteiger partial charge >= 0.3 is 5.97 Å². The summed E-state index contributed by atoms with van der Waals surface area (Å²) in [7, 11) is 0. The fraction of sp³-hybridized carbons (Fsp3) is 0.875. The van der Waals surface area contributed by atoms with E-state index in [1.165, 1.54) is 0 Å². The van der Waals surface area contributed by atoms with Crippen LogP contribution in [0, 0.1) is 17.8 Å². The predicted octanol–water partition coefficient (Wildman–Crippen LogP) is 1.92. The predicted molar refractivity (Wildman–Crippen MR) is 83.1 cm³/mol. The largest absolute Gasteiger partial charge is 0.481 e. The minimum absolute atomic E-state index is 0.174. The molecule has 0 saturated carbocycles. The zero-order valence-corrected chi connectivity index (χ0v) is 13.8. The van der Waals surface area contributed by atoms with Crippen LogP contribution >= 0.6 is 0 Å². The van der Waals surface area contributed by atoms with Gasteiger partial charge in [0.05, 0.1) is 6.54 Å². The molecule has 0 aromatic heterocycles. The third-order valence-corrected chi connectivity index (χ3v) is 3.72. The molecular formula is C16H30N2O3. The highest BCUT2D eigenvalue weighted by Gasteiger charge is 2.27. The Morgan fingerprint density at radius 1 is 1.19 bits per heavy atom. The molecule has 1 aliphatic rings. The average molecular weight is 298 g/mol. The molecule has 0 radical (unpaired) electrons. The van der Waals surface area contributed by atoms with Crippen molar-refractivity contribution in [3.8, 4) is 0 Å². The summed E-state index contributed by atoms with van der Waals surface area (Å²) in [5.41, 5.74) is 0. The van der Waals surface area contributed by atoms with Crippen molar-refractivity contribution in [2.75, 3.05) is 32.7 Å². The third-order valence-electron chi connectivity index (χ3n) is 3.72. The van der Waals surface area contributed by atoms with Crippen LogP contribution in [0.15, 0.2) is 0 Å².